The number of hydrogen-bond donors (Lipinski definition) is 3. The Morgan fingerprint density at radius 1 is 0.971 bits per heavy atom. The molecule has 0 aliphatic heterocycles. The molecule has 13 heteroatoms. The summed E-state index contributed by atoms with van der Waals surface area (Å²) < 4.78 is 38.2. The van der Waals surface area contributed by atoms with Crippen LogP contribution in [0.4, 0.5) is 22.7 Å². The molecule has 0 atom stereocenters. The van der Waals surface area contributed by atoms with E-state index in [0.717, 1.165) is 6.07 Å². The van der Waals surface area contributed by atoms with Crippen LogP contribution in [-0.4, -0.2) is 36.3 Å². The number of hydrogen-bond acceptors (Lipinski definition) is 9. The Morgan fingerprint density at radius 2 is 1.51 bits per heavy atom. The molecular formula is C22H15ClN3NaO7S. The number of fused-ring (bicyclic) bond motifs is 2. The number of nitrogens with one attached hydrogen (secondary N) is 2. The maximum atomic E-state index is 13.3. The Kier molecular flexibility index (Phi) is 7.90. The molecule has 0 spiro atoms. The van der Waals surface area contributed by atoms with Crippen molar-refractivity contribution in [1.29, 1.82) is 0 Å². The van der Waals surface area contributed by atoms with Gasteiger partial charge in [-0.15, -0.1) is 11.6 Å². The average Bonchev–Trinajstić information content (AvgIpc) is 2.79. The molecule has 4 N–H and O–H groups in total. The summed E-state index contributed by atoms with van der Waals surface area (Å²) in [5.41, 5.74) is 6.24. The normalized spacial score (nSPS) is 12.2. The Morgan fingerprint density at radius 3 is 2.06 bits per heavy atom. The van der Waals surface area contributed by atoms with Gasteiger partial charge in [-0.25, -0.2) is 8.42 Å². The Labute approximate surface area is 227 Å². The zero-order chi connectivity index (χ0) is 24.6. The molecule has 0 saturated heterocycles. The summed E-state index contributed by atoms with van der Waals surface area (Å²) in [5.74, 6) is -2.37. The van der Waals surface area contributed by atoms with Gasteiger partial charge in [-0.2, -0.15) is 0 Å². The summed E-state index contributed by atoms with van der Waals surface area (Å²) in [6.07, 6.45) is 0. The van der Waals surface area contributed by atoms with Crippen molar-refractivity contribution in [3.63, 3.8) is 0 Å². The summed E-state index contributed by atoms with van der Waals surface area (Å²) in [6.45, 7) is 0. The van der Waals surface area contributed by atoms with E-state index in [1.807, 2.05) is 0 Å². The molecule has 0 radical (unpaired) electrons. The van der Waals surface area contributed by atoms with E-state index in [4.69, 9.17) is 17.3 Å². The van der Waals surface area contributed by atoms with Gasteiger partial charge < -0.3 is 25.1 Å². The van der Waals surface area contributed by atoms with E-state index in [0.29, 0.717) is 11.4 Å². The van der Waals surface area contributed by atoms with Crippen LogP contribution in [-0.2, 0) is 15.2 Å². The molecule has 1 aliphatic rings. The molecule has 0 heterocycles. The maximum absolute atomic E-state index is 13.3. The first kappa shape index (κ1) is 26.7. The smallest absolute Gasteiger partial charge is 0.716 e. The van der Waals surface area contributed by atoms with E-state index in [1.54, 1.807) is 36.4 Å². The van der Waals surface area contributed by atoms with Crippen LogP contribution in [0.1, 0.15) is 31.8 Å². The number of ketones is 2. The quantitative estimate of drug-likeness (QED) is 0.102. The number of carbonyl (C=O) groups excluding carboxylic acids is 3. The summed E-state index contributed by atoms with van der Waals surface area (Å²) >= 11 is 5.47. The summed E-state index contributed by atoms with van der Waals surface area (Å²) in [7, 11) is -5.23. The number of halogens is 1. The number of anilines is 4. The van der Waals surface area contributed by atoms with Gasteiger partial charge in [0.15, 0.2) is 17.3 Å². The van der Waals surface area contributed by atoms with Crippen LogP contribution in [0.25, 0.3) is 0 Å². The van der Waals surface area contributed by atoms with Crippen molar-refractivity contribution in [3.8, 4) is 5.75 Å². The van der Waals surface area contributed by atoms with Crippen molar-refractivity contribution in [2.75, 3.05) is 22.2 Å². The Bertz CT molecular complexity index is 1460. The van der Waals surface area contributed by atoms with Gasteiger partial charge in [0.1, 0.15) is 5.88 Å². The Hall–Kier alpha value is -2.93. The molecule has 174 valence electrons. The fraction of sp³-hybridized carbons (Fsp3) is 0.0455. The third-order valence-corrected chi connectivity index (χ3v) is 5.59. The van der Waals surface area contributed by atoms with Gasteiger partial charge in [-0.05, 0) is 24.3 Å². The number of carbonyl (C=O) groups is 3. The van der Waals surface area contributed by atoms with E-state index in [-0.39, 0.29) is 63.4 Å². The molecular weight excluding hydrogens is 509 g/mol. The first-order chi connectivity index (χ1) is 16.1. The molecule has 35 heavy (non-hydrogen) atoms. The van der Waals surface area contributed by atoms with E-state index >= 15 is 0 Å². The van der Waals surface area contributed by atoms with Crippen LogP contribution in [0, 0.1) is 0 Å². The minimum Gasteiger partial charge on any atom is -0.716 e. The van der Waals surface area contributed by atoms with E-state index < -0.39 is 39.3 Å². The predicted molar refractivity (Wildman–Crippen MR) is 124 cm³/mol. The number of nitrogens with two attached hydrogens (primary N) is 1. The molecule has 0 bridgehead atoms. The molecule has 3 aromatic carbocycles. The minimum atomic E-state index is -5.23. The standard InChI is InChI=1S/C22H16ClN3O7S.Na/c23-10-17(27)26-12-7-5-11(6-8-12)25-15-9-16(33-34(30,31)32)20(24)19-18(15)21(28)13-3-1-2-4-14(13)22(19)29;/h1-9,25H,10,24H2,(H,26,27)(H,30,31,32);/q;+1/p-1. The summed E-state index contributed by atoms with van der Waals surface area (Å²) in [4.78, 5) is 37.9. The van der Waals surface area contributed by atoms with Crippen molar-refractivity contribution < 1.29 is 61.1 Å². The molecule has 0 aromatic heterocycles. The van der Waals surface area contributed by atoms with Crippen molar-refractivity contribution in [1.82, 2.24) is 0 Å². The third kappa shape index (κ3) is 5.50. The van der Waals surface area contributed by atoms with E-state index in [1.165, 1.54) is 12.1 Å². The zero-order valence-electron chi connectivity index (χ0n) is 18.1. The van der Waals surface area contributed by atoms with Crippen LogP contribution in [0.15, 0.2) is 54.6 Å². The van der Waals surface area contributed by atoms with Gasteiger partial charge in [0, 0.05) is 28.6 Å². The largest absolute Gasteiger partial charge is 1.00 e. The molecule has 4 rings (SSSR count). The van der Waals surface area contributed by atoms with Crippen LogP contribution >= 0.6 is 11.6 Å². The second kappa shape index (κ2) is 10.4. The predicted octanol–water partition coefficient (Wildman–Crippen LogP) is -0.192. The number of benzene rings is 3. The van der Waals surface area contributed by atoms with Crippen molar-refractivity contribution in [2.24, 2.45) is 0 Å². The third-order valence-electron chi connectivity index (χ3n) is 4.96. The number of amides is 1. The number of rotatable bonds is 6. The van der Waals surface area contributed by atoms with Gasteiger partial charge in [0.2, 0.25) is 5.91 Å². The second-order valence-corrected chi connectivity index (χ2v) is 8.42. The van der Waals surface area contributed by atoms with Crippen LogP contribution < -0.4 is 50.1 Å². The van der Waals surface area contributed by atoms with Gasteiger partial charge in [-0.3, -0.25) is 14.4 Å². The zero-order valence-corrected chi connectivity index (χ0v) is 21.7. The second-order valence-electron chi connectivity index (χ2n) is 7.17. The average molecular weight is 524 g/mol. The number of alkyl halides is 1. The molecule has 0 fully saturated rings. The topological polar surface area (TPSA) is 168 Å². The van der Waals surface area contributed by atoms with E-state index in [9.17, 15) is 27.4 Å². The summed E-state index contributed by atoms with van der Waals surface area (Å²) in [5, 5.41) is 5.48. The summed E-state index contributed by atoms with van der Waals surface area (Å²) in [6, 6.07) is 13.4. The maximum Gasteiger partial charge on any atom is 1.00 e. The van der Waals surface area contributed by atoms with Crippen LogP contribution in [0.5, 0.6) is 5.75 Å². The molecule has 1 amide bonds. The molecule has 10 nitrogen and oxygen atoms in total. The monoisotopic (exact) mass is 523 g/mol. The Balaban J connectivity index is 0.00000342. The van der Waals surface area contributed by atoms with Crippen LogP contribution in [0.3, 0.4) is 0 Å². The number of nitrogen functional groups attached to an aromatic ring is 1. The SMILES string of the molecule is Nc1c(OS(=O)(=O)[O-])cc(Nc2ccc(NC(=O)CCl)cc2)c2c1C(=O)c1ccccc1C2=O.[Na+]. The van der Waals surface area contributed by atoms with Gasteiger partial charge in [0.25, 0.3) is 10.4 Å². The fourth-order valence-corrected chi connectivity index (χ4v) is 3.98. The molecule has 0 saturated carbocycles. The minimum absolute atomic E-state index is 0. The van der Waals surface area contributed by atoms with Crippen molar-refractivity contribution in [3.05, 3.63) is 76.9 Å². The van der Waals surface area contributed by atoms with E-state index in [2.05, 4.69) is 14.8 Å². The van der Waals surface area contributed by atoms with Crippen molar-refractivity contribution in [2.45, 2.75) is 0 Å². The van der Waals surface area contributed by atoms with Crippen LogP contribution in [0.2, 0.25) is 0 Å². The molecule has 1 aliphatic carbocycles. The van der Waals surface area contributed by atoms with Crippen molar-refractivity contribution >= 4 is 62.2 Å². The molecule has 0 unspecified atom stereocenters. The first-order valence-corrected chi connectivity index (χ1v) is 11.5. The first-order valence-electron chi connectivity index (χ1n) is 9.62. The van der Waals surface area contributed by atoms with Gasteiger partial charge >= 0.3 is 29.6 Å². The molecule has 3 aromatic rings. The van der Waals surface area contributed by atoms with Gasteiger partial charge in [-0.1, -0.05) is 24.3 Å². The fourth-order valence-electron chi connectivity index (χ4n) is 3.56. The van der Waals surface area contributed by atoms with Gasteiger partial charge in [0.05, 0.1) is 22.5 Å².